The number of rotatable bonds is 5. The van der Waals surface area contributed by atoms with Gasteiger partial charge in [-0.2, -0.15) is 0 Å². The van der Waals surface area contributed by atoms with E-state index >= 15 is 0 Å². The molecule has 4 aliphatic rings. The van der Waals surface area contributed by atoms with Gasteiger partial charge in [0.25, 0.3) is 0 Å². The van der Waals surface area contributed by atoms with Crippen LogP contribution in [-0.2, 0) is 0 Å². The molecule has 0 heterocycles. The van der Waals surface area contributed by atoms with Crippen molar-refractivity contribution in [1.29, 1.82) is 0 Å². The number of hydrogen-bond acceptors (Lipinski definition) is 0. The van der Waals surface area contributed by atoms with Crippen LogP contribution in [0.25, 0.3) is 0 Å². The standard InChI is InChI=1S/C27H46/c1-6-8-15-27(7-2)17-14-21-20(18-27)9-10-23-22(21)13-16-26(5)24(19(3)4)11-12-25(23)26/h20-25H,3,6-18H2,1-2,4-5H3/t20?,21?,22?,23?,24?,25?,26?,27-/m0/s1. The fraction of sp³-hybridized carbons (Fsp3) is 0.926. The lowest BCUT2D eigenvalue weighted by molar-refractivity contribution is -0.0791. The molecule has 0 aromatic rings. The van der Waals surface area contributed by atoms with E-state index < -0.39 is 0 Å². The van der Waals surface area contributed by atoms with Crippen molar-refractivity contribution in [2.75, 3.05) is 0 Å². The normalized spacial score (nSPS) is 49.2. The maximum atomic E-state index is 4.39. The lowest BCUT2D eigenvalue weighted by Gasteiger charge is -2.58. The summed E-state index contributed by atoms with van der Waals surface area (Å²) in [5, 5.41) is 0. The molecule has 7 unspecified atom stereocenters. The van der Waals surface area contributed by atoms with E-state index in [2.05, 4.69) is 34.3 Å². The van der Waals surface area contributed by atoms with Gasteiger partial charge in [-0.3, -0.25) is 0 Å². The topological polar surface area (TPSA) is 0 Å². The number of fused-ring (bicyclic) bond motifs is 5. The van der Waals surface area contributed by atoms with Crippen molar-refractivity contribution in [1.82, 2.24) is 0 Å². The summed E-state index contributed by atoms with van der Waals surface area (Å²) in [4.78, 5) is 0. The maximum absolute atomic E-state index is 4.39. The third-order valence-electron chi connectivity index (χ3n) is 10.6. The van der Waals surface area contributed by atoms with Crippen molar-refractivity contribution >= 4 is 0 Å². The van der Waals surface area contributed by atoms with Crippen molar-refractivity contribution in [3.63, 3.8) is 0 Å². The van der Waals surface area contributed by atoms with Crippen LogP contribution >= 0.6 is 0 Å². The Hall–Kier alpha value is -0.260. The molecular formula is C27H46. The summed E-state index contributed by atoms with van der Waals surface area (Å²) in [5.74, 6) is 6.11. The van der Waals surface area contributed by atoms with Crippen molar-refractivity contribution in [3.8, 4) is 0 Å². The van der Waals surface area contributed by atoms with E-state index in [1.165, 1.54) is 56.9 Å². The predicted molar refractivity (Wildman–Crippen MR) is 118 cm³/mol. The molecule has 0 amide bonds. The first-order valence-corrected chi connectivity index (χ1v) is 12.6. The molecule has 27 heavy (non-hydrogen) atoms. The molecule has 0 aromatic carbocycles. The van der Waals surface area contributed by atoms with Gasteiger partial charge in [-0.25, -0.2) is 0 Å². The molecule has 4 fully saturated rings. The largest absolute Gasteiger partial charge is 0.0998 e. The van der Waals surface area contributed by atoms with Gasteiger partial charge in [0.1, 0.15) is 0 Å². The van der Waals surface area contributed by atoms with E-state index in [-0.39, 0.29) is 0 Å². The van der Waals surface area contributed by atoms with E-state index in [4.69, 9.17) is 0 Å². The van der Waals surface area contributed by atoms with Gasteiger partial charge in [-0.1, -0.05) is 52.2 Å². The second-order valence-electron chi connectivity index (χ2n) is 11.7. The predicted octanol–water partition coefficient (Wildman–Crippen LogP) is 8.42. The van der Waals surface area contributed by atoms with Gasteiger partial charge in [-0.15, -0.1) is 0 Å². The highest BCUT2D eigenvalue weighted by Crippen LogP contribution is 2.66. The Morgan fingerprint density at radius 2 is 1.70 bits per heavy atom. The smallest absolute Gasteiger partial charge is 0.0152 e. The zero-order chi connectivity index (χ0) is 19.2. The van der Waals surface area contributed by atoms with Gasteiger partial charge >= 0.3 is 0 Å². The molecule has 0 spiro atoms. The van der Waals surface area contributed by atoms with Gasteiger partial charge in [0.15, 0.2) is 0 Å². The molecule has 4 rings (SSSR count). The van der Waals surface area contributed by atoms with Crippen LogP contribution in [-0.4, -0.2) is 0 Å². The minimum absolute atomic E-state index is 0.586. The molecule has 0 N–H and O–H groups in total. The lowest BCUT2D eigenvalue weighted by Crippen LogP contribution is -2.49. The van der Waals surface area contributed by atoms with Crippen molar-refractivity contribution in [2.24, 2.45) is 46.3 Å². The van der Waals surface area contributed by atoms with Crippen molar-refractivity contribution in [2.45, 2.75) is 111 Å². The van der Waals surface area contributed by atoms with Crippen LogP contribution in [0.1, 0.15) is 111 Å². The SMILES string of the molecule is C=C(C)C1CCC2C3CCC4C[C@@](CC)(CCCC)CCC4C3CCC12C. The Labute approximate surface area is 170 Å². The summed E-state index contributed by atoms with van der Waals surface area (Å²) in [6, 6.07) is 0. The quantitative estimate of drug-likeness (QED) is 0.426. The van der Waals surface area contributed by atoms with Gasteiger partial charge in [0.05, 0.1) is 0 Å². The van der Waals surface area contributed by atoms with Crippen molar-refractivity contribution < 1.29 is 0 Å². The van der Waals surface area contributed by atoms with E-state index in [9.17, 15) is 0 Å². The average Bonchev–Trinajstić information content (AvgIpc) is 3.03. The van der Waals surface area contributed by atoms with Gasteiger partial charge in [-0.05, 0) is 117 Å². The highest BCUT2D eigenvalue weighted by atomic mass is 14.6. The van der Waals surface area contributed by atoms with Gasteiger partial charge in [0.2, 0.25) is 0 Å². The third-order valence-corrected chi connectivity index (χ3v) is 10.6. The molecule has 0 nitrogen and oxygen atoms in total. The molecule has 0 bridgehead atoms. The fourth-order valence-electron chi connectivity index (χ4n) is 9.15. The number of hydrogen-bond donors (Lipinski definition) is 0. The summed E-state index contributed by atoms with van der Waals surface area (Å²) in [5.41, 5.74) is 2.78. The first-order chi connectivity index (χ1) is 12.9. The zero-order valence-electron chi connectivity index (χ0n) is 18.9. The second kappa shape index (κ2) is 7.53. The Morgan fingerprint density at radius 1 is 0.926 bits per heavy atom. The first kappa shape index (κ1) is 20.0. The minimum Gasteiger partial charge on any atom is -0.0998 e. The van der Waals surface area contributed by atoms with Crippen LogP contribution in [0, 0.1) is 46.3 Å². The molecular weight excluding hydrogens is 324 g/mol. The number of allylic oxidation sites excluding steroid dienone is 1. The highest BCUT2D eigenvalue weighted by molar-refractivity contribution is 5.14. The molecule has 4 aliphatic carbocycles. The van der Waals surface area contributed by atoms with E-state index in [0.29, 0.717) is 10.8 Å². The third kappa shape index (κ3) is 3.26. The Kier molecular flexibility index (Phi) is 5.59. The molecule has 0 aromatic heterocycles. The summed E-state index contributed by atoms with van der Waals surface area (Å²) < 4.78 is 0. The van der Waals surface area contributed by atoms with Gasteiger partial charge < -0.3 is 0 Å². The average molecular weight is 371 g/mol. The molecule has 0 radical (unpaired) electrons. The maximum Gasteiger partial charge on any atom is -0.0152 e. The highest BCUT2D eigenvalue weighted by Gasteiger charge is 2.57. The van der Waals surface area contributed by atoms with Crippen LogP contribution in [0.4, 0.5) is 0 Å². The second-order valence-corrected chi connectivity index (χ2v) is 11.7. The van der Waals surface area contributed by atoms with E-state index in [1.54, 1.807) is 32.1 Å². The summed E-state index contributed by atoms with van der Waals surface area (Å²) in [6.45, 7) is 14.2. The monoisotopic (exact) mass is 370 g/mol. The first-order valence-electron chi connectivity index (χ1n) is 12.6. The van der Waals surface area contributed by atoms with Crippen molar-refractivity contribution in [3.05, 3.63) is 12.2 Å². The number of unbranched alkanes of at least 4 members (excludes halogenated alkanes) is 1. The summed E-state index contributed by atoms with van der Waals surface area (Å²) >= 11 is 0. The molecule has 0 saturated heterocycles. The molecule has 4 saturated carbocycles. The van der Waals surface area contributed by atoms with Gasteiger partial charge in [0, 0.05) is 0 Å². The van der Waals surface area contributed by atoms with E-state index in [0.717, 1.165) is 35.5 Å². The molecule has 0 aliphatic heterocycles. The minimum atomic E-state index is 0.586. The summed E-state index contributed by atoms with van der Waals surface area (Å²) in [7, 11) is 0. The van der Waals surface area contributed by atoms with Crippen LogP contribution < -0.4 is 0 Å². The van der Waals surface area contributed by atoms with Crippen LogP contribution in [0.3, 0.4) is 0 Å². The Bertz CT molecular complexity index is 546. The Morgan fingerprint density at radius 3 is 2.41 bits per heavy atom. The molecule has 0 heteroatoms. The fourth-order valence-corrected chi connectivity index (χ4v) is 9.15. The Balaban J connectivity index is 1.48. The van der Waals surface area contributed by atoms with Crippen LogP contribution in [0.15, 0.2) is 12.2 Å². The van der Waals surface area contributed by atoms with Crippen LogP contribution in [0.5, 0.6) is 0 Å². The molecule has 154 valence electrons. The zero-order valence-corrected chi connectivity index (χ0v) is 18.9. The van der Waals surface area contributed by atoms with Crippen LogP contribution in [0.2, 0.25) is 0 Å². The lowest BCUT2D eigenvalue weighted by atomic mass is 9.47. The summed E-state index contributed by atoms with van der Waals surface area (Å²) in [6.07, 6.45) is 19.6. The molecule has 8 atom stereocenters. The van der Waals surface area contributed by atoms with E-state index in [1.807, 2.05) is 0 Å².